The number of carboxylic acids is 1. The van der Waals surface area contributed by atoms with Gasteiger partial charge in [0, 0.05) is 26.4 Å². The molecule has 1 saturated heterocycles. The van der Waals surface area contributed by atoms with E-state index in [1.165, 1.54) is 18.5 Å². The van der Waals surface area contributed by atoms with Crippen molar-refractivity contribution in [1.29, 1.82) is 0 Å². The highest BCUT2D eigenvalue weighted by molar-refractivity contribution is 5.92. The number of aromatic nitrogens is 1. The van der Waals surface area contributed by atoms with Gasteiger partial charge in [0.05, 0.1) is 23.6 Å². The minimum Gasteiger partial charge on any atom is -0.478 e. The Labute approximate surface area is 110 Å². The first kappa shape index (κ1) is 13.3. The molecule has 0 spiro atoms. The van der Waals surface area contributed by atoms with Crippen molar-refractivity contribution in [3.8, 4) is 0 Å². The van der Waals surface area contributed by atoms with Crippen molar-refractivity contribution in [3.05, 3.63) is 24.0 Å². The molecule has 1 unspecified atom stereocenters. The maximum atomic E-state index is 11.9. The van der Waals surface area contributed by atoms with Crippen LogP contribution in [0.15, 0.2) is 18.5 Å². The van der Waals surface area contributed by atoms with Crippen LogP contribution in [-0.2, 0) is 4.74 Å². The lowest BCUT2D eigenvalue weighted by atomic mass is 10.2. The fourth-order valence-corrected chi connectivity index (χ4v) is 1.93. The Morgan fingerprint density at radius 2 is 2.32 bits per heavy atom. The van der Waals surface area contributed by atoms with Crippen LogP contribution in [0.1, 0.15) is 16.8 Å². The second-order valence-electron chi connectivity index (χ2n) is 4.29. The lowest BCUT2D eigenvalue weighted by Gasteiger charge is -2.16. The number of nitrogens with zero attached hydrogens (tertiary/aromatic N) is 2. The van der Waals surface area contributed by atoms with E-state index < -0.39 is 5.97 Å². The van der Waals surface area contributed by atoms with Crippen LogP contribution in [0.25, 0.3) is 0 Å². The minimum absolute atomic E-state index is 0.0361. The third-order valence-corrected chi connectivity index (χ3v) is 3.00. The number of likely N-dealkylation sites (tertiary alicyclic amines) is 1. The molecule has 0 aromatic carbocycles. The first-order valence-corrected chi connectivity index (χ1v) is 5.87. The molecule has 102 valence electrons. The van der Waals surface area contributed by atoms with Crippen LogP contribution in [0.2, 0.25) is 0 Å². The van der Waals surface area contributed by atoms with Crippen molar-refractivity contribution in [1.82, 2.24) is 9.88 Å². The fraction of sp³-hybridized carbons (Fsp3) is 0.417. The molecular formula is C12H15N3O4. The molecule has 0 aliphatic carbocycles. The Kier molecular flexibility index (Phi) is 3.96. The predicted molar refractivity (Wildman–Crippen MR) is 67.2 cm³/mol. The van der Waals surface area contributed by atoms with Crippen molar-refractivity contribution in [2.45, 2.75) is 12.5 Å². The molecule has 2 heterocycles. The molecular weight excluding hydrogens is 250 g/mol. The number of ether oxygens (including phenoxy) is 1. The number of methoxy groups -OCH3 is 1. The first-order valence-electron chi connectivity index (χ1n) is 5.87. The molecule has 2 amide bonds. The van der Waals surface area contributed by atoms with Gasteiger partial charge in [0.25, 0.3) is 0 Å². The van der Waals surface area contributed by atoms with E-state index in [1.54, 1.807) is 12.0 Å². The Bertz CT molecular complexity index is 492. The lowest BCUT2D eigenvalue weighted by Crippen LogP contribution is -2.33. The van der Waals surface area contributed by atoms with Gasteiger partial charge in [-0.3, -0.25) is 4.98 Å². The van der Waals surface area contributed by atoms with E-state index in [0.29, 0.717) is 18.8 Å². The van der Waals surface area contributed by atoms with E-state index in [9.17, 15) is 9.59 Å². The molecule has 2 N–H and O–H groups in total. The second kappa shape index (κ2) is 5.66. The van der Waals surface area contributed by atoms with Crippen LogP contribution >= 0.6 is 0 Å². The number of pyridine rings is 1. The standard InChI is InChI=1S/C12H15N3O4/c1-19-10-2-3-15(7-10)12(18)14-9-4-8(11(16)17)5-13-6-9/h4-6,10H,2-3,7H2,1H3,(H,14,18)(H,16,17). The summed E-state index contributed by atoms with van der Waals surface area (Å²) in [4.78, 5) is 28.1. The van der Waals surface area contributed by atoms with Gasteiger partial charge in [0.15, 0.2) is 0 Å². The average molecular weight is 265 g/mol. The number of anilines is 1. The van der Waals surface area contributed by atoms with Gasteiger partial charge in [-0.2, -0.15) is 0 Å². The second-order valence-corrected chi connectivity index (χ2v) is 4.29. The van der Waals surface area contributed by atoms with Crippen LogP contribution in [0.4, 0.5) is 10.5 Å². The molecule has 1 aliphatic rings. The molecule has 0 bridgehead atoms. The normalized spacial score (nSPS) is 18.4. The van der Waals surface area contributed by atoms with Crippen molar-refractivity contribution >= 4 is 17.7 Å². The van der Waals surface area contributed by atoms with Crippen LogP contribution in [0, 0.1) is 0 Å². The summed E-state index contributed by atoms with van der Waals surface area (Å²) in [7, 11) is 1.62. The van der Waals surface area contributed by atoms with Gasteiger partial charge in [-0.05, 0) is 12.5 Å². The third-order valence-electron chi connectivity index (χ3n) is 3.00. The van der Waals surface area contributed by atoms with Crippen LogP contribution < -0.4 is 5.32 Å². The molecule has 1 aromatic rings. The number of urea groups is 1. The molecule has 1 aliphatic heterocycles. The summed E-state index contributed by atoms with van der Waals surface area (Å²) >= 11 is 0. The number of carbonyl (C=O) groups excluding carboxylic acids is 1. The first-order chi connectivity index (χ1) is 9.10. The highest BCUT2D eigenvalue weighted by atomic mass is 16.5. The summed E-state index contributed by atoms with van der Waals surface area (Å²) in [6.45, 7) is 1.16. The quantitative estimate of drug-likeness (QED) is 0.851. The number of carbonyl (C=O) groups is 2. The lowest BCUT2D eigenvalue weighted by molar-refractivity contribution is 0.0696. The zero-order valence-corrected chi connectivity index (χ0v) is 10.5. The van der Waals surface area contributed by atoms with E-state index in [-0.39, 0.29) is 17.7 Å². The number of carboxylic acid groups (broad SMARTS) is 1. The molecule has 1 fully saturated rings. The predicted octanol–water partition coefficient (Wildman–Crippen LogP) is 1.03. The maximum absolute atomic E-state index is 11.9. The molecule has 1 atom stereocenters. The molecule has 1 aromatic heterocycles. The fourth-order valence-electron chi connectivity index (χ4n) is 1.93. The summed E-state index contributed by atoms with van der Waals surface area (Å²) in [5.74, 6) is -1.08. The Hall–Kier alpha value is -2.15. The smallest absolute Gasteiger partial charge is 0.337 e. The highest BCUT2D eigenvalue weighted by Gasteiger charge is 2.26. The maximum Gasteiger partial charge on any atom is 0.337 e. The van der Waals surface area contributed by atoms with Crippen LogP contribution in [0.5, 0.6) is 0 Å². The molecule has 2 rings (SSSR count). The monoisotopic (exact) mass is 265 g/mol. The number of rotatable bonds is 3. The largest absolute Gasteiger partial charge is 0.478 e. The number of aromatic carboxylic acids is 1. The van der Waals surface area contributed by atoms with E-state index in [2.05, 4.69) is 10.3 Å². The summed E-state index contributed by atoms with van der Waals surface area (Å²) < 4.78 is 5.18. The molecule has 0 saturated carbocycles. The average Bonchev–Trinajstić information content (AvgIpc) is 2.88. The summed E-state index contributed by atoms with van der Waals surface area (Å²) in [6.07, 6.45) is 3.51. The van der Waals surface area contributed by atoms with E-state index in [4.69, 9.17) is 9.84 Å². The van der Waals surface area contributed by atoms with Gasteiger partial charge < -0.3 is 20.1 Å². The van der Waals surface area contributed by atoms with Gasteiger partial charge in [0.2, 0.25) is 0 Å². The molecule has 7 heteroatoms. The van der Waals surface area contributed by atoms with E-state index in [1.807, 2.05) is 0 Å². The summed E-state index contributed by atoms with van der Waals surface area (Å²) in [6, 6.07) is 1.10. The van der Waals surface area contributed by atoms with Crippen molar-refractivity contribution < 1.29 is 19.4 Å². The molecule has 19 heavy (non-hydrogen) atoms. The third kappa shape index (κ3) is 3.19. The van der Waals surface area contributed by atoms with Gasteiger partial charge in [-0.15, -0.1) is 0 Å². The zero-order valence-electron chi connectivity index (χ0n) is 10.5. The van der Waals surface area contributed by atoms with Gasteiger partial charge >= 0.3 is 12.0 Å². The van der Waals surface area contributed by atoms with Crippen molar-refractivity contribution in [2.24, 2.45) is 0 Å². The van der Waals surface area contributed by atoms with Gasteiger partial charge in [-0.25, -0.2) is 9.59 Å². The highest BCUT2D eigenvalue weighted by Crippen LogP contribution is 2.14. The van der Waals surface area contributed by atoms with E-state index in [0.717, 1.165) is 6.42 Å². The minimum atomic E-state index is -1.08. The van der Waals surface area contributed by atoms with Crippen molar-refractivity contribution in [3.63, 3.8) is 0 Å². The van der Waals surface area contributed by atoms with E-state index >= 15 is 0 Å². The number of amides is 2. The number of nitrogens with one attached hydrogen (secondary N) is 1. The van der Waals surface area contributed by atoms with Gasteiger partial charge in [-0.1, -0.05) is 0 Å². The summed E-state index contributed by atoms with van der Waals surface area (Å²) in [5, 5.41) is 11.5. The molecule has 0 radical (unpaired) electrons. The number of hydrogen-bond donors (Lipinski definition) is 2. The summed E-state index contributed by atoms with van der Waals surface area (Å²) in [5.41, 5.74) is 0.403. The van der Waals surface area contributed by atoms with Crippen LogP contribution in [0.3, 0.4) is 0 Å². The Balaban J connectivity index is 1.99. The zero-order chi connectivity index (χ0) is 13.8. The Morgan fingerprint density at radius 1 is 1.53 bits per heavy atom. The topological polar surface area (TPSA) is 91.8 Å². The SMILES string of the molecule is COC1CCN(C(=O)Nc2cncc(C(=O)O)c2)C1. The van der Waals surface area contributed by atoms with Crippen molar-refractivity contribution in [2.75, 3.05) is 25.5 Å². The Morgan fingerprint density at radius 3 is 2.95 bits per heavy atom. The van der Waals surface area contributed by atoms with Gasteiger partial charge in [0.1, 0.15) is 0 Å². The number of hydrogen-bond acceptors (Lipinski definition) is 4. The van der Waals surface area contributed by atoms with Crippen LogP contribution in [-0.4, -0.2) is 53.3 Å². The molecule has 7 nitrogen and oxygen atoms in total.